The van der Waals surface area contributed by atoms with Crippen molar-refractivity contribution >= 4 is 28.9 Å². The van der Waals surface area contributed by atoms with E-state index in [0.717, 1.165) is 22.7 Å². The van der Waals surface area contributed by atoms with Gasteiger partial charge >= 0.3 is 0 Å². The molecule has 0 aliphatic carbocycles. The van der Waals surface area contributed by atoms with E-state index in [0.29, 0.717) is 5.02 Å². The molecule has 0 fully saturated rings. The van der Waals surface area contributed by atoms with Gasteiger partial charge in [0.05, 0.1) is 13.7 Å². The molecule has 4 nitrogen and oxygen atoms in total. The second kappa shape index (κ2) is 6.99. The van der Waals surface area contributed by atoms with Crippen LogP contribution in [0.2, 0.25) is 5.02 Å². The van der Waals surface area contributed by atoms with Crippen molar-refractivity contribution in [3.63, 3.8) is 0 Å². The summed E-state index contributed by atoms with van der Waals surface area (Å²) in [5.41, 5.74) is 2.62. The fourth-order valence-corrected chi connectivity index (χ4v) is 2.01. The van der Waals surface area contributed by atoms with E-state index in [2.05, 4.69) is 10.6 Å². The first-order valence-electron chi connectivity index (χ1n) is 6.52. The van der Waals surface area contributed by atoms with Crippen LogP contribution in [0.1, 0.15) is 5.56 Å². The summed E-state index contributed by atoms with van der Waals surface area (Å²) in [7, 11) is 1.60. The first kappa shape index (κ1) is 15.2. The van der Waals surface area contributed by atoms with E-state index in [9.17, 15) is 4.79 Å². The zero-order valence-corrected chi connectivity index (χ0v) is 12.7. The molecule has 0 bridgehead atoms. The van der Waals surface area contributed by atoms with E-state index in [1.54, 1.807) is 37.4 Å². The number of benzene rings is 2. The van der Waals surface area contributed by atoms with Crippen molar-refractivity contribution in [2.45, 2.75) is 6.92 Å². The van der Waals surface area contributed by atoms with Crippen LogP contribution in [0.4, 0.5) is 11.4 Å². The Kier molecular flexibility index (Phi) is 5.06. The zero-order chi connectivity index (χ0) is 15.2. The molecule has 0 saturated heterocycles. The third-order valence-electron chi connectivity index (χ3n) is 3.01. The summed E-state index contributed by atoms with van der Waals surface area (Å²) in [6, 6.07) is 12.7. The number of carbonyl (C=O) groups is 1. The molecule has 0 aliphatic heterocycles. The van der Waals surface area contributed by atoms with E-state index in [4.69, 9.17) is 16.3 Å². The van der Waals surface area contributed by atoms with Gasteiger partial charge in [-0.2, -0.15) is 0 Å². The monoisotopic (exact) mass is 304 g/mol. The lowest BCUT2D eigenvalue weighted by Crippen LogP contribution is -2.22. The summed E-state index contributed by atoms with van der Waals surface area (Å²) in [5, 5.41) is 6.52. The second-order valence-corrected chi connectivity index (χ2v) is 5.03. The van der Waals surface area contributed by atoms with Gasteiger partial charge in [0.2, 0.25) is 5.91 Å². The van der Waals surface area contributed by atoms with Gasteiger partial charge in [-0.25, -0.2) is 0 Å². The first-order valence-corrected chi connectivity index (χ1v) is 6.90. The number of ether oxygens (including phenoxy) is 1. The van der Waals surface area contributed by atoms with Crippen molar-refractivity contribution in [3.05, 3.63) is 53.1 Å². The van der Waals surface area contributed by atoms with Gasteiger partial charge in [0.25, 0.3) is 0 Å². The molecule has 2 aromatic rings. The summed E-state index contributed by atoms with van der Waals surface area (Å²) in [6.45, 7) is 2.13. The van der Waals surface area contributed by atoms with Crippen molar-refractivity contribution in [2.75, 3.05) is 24.3 Å². The number of carbonyl (C=O) groups excluding carboxylic acids is 1. The molecule has 2 aromatic carbocycles. The van der Waals surface area contributed by atoms with Gasteiger partial charge in [-0.15, -0.1) is 0 Å². The number of hydrogen-bond acceptors (Lipinski definition) is 3. The molecule has 0 aliphatic rings. The smallest absolute Gasteiger partial charge is 0.243 e. The SMILES string of the molecule is COc1ccc(NC(=O)CNc2cc(Cl)ccc2C)cc1. The predicted molar refractivity (Wildman–Crippen MR) is 86.3 cm³/mol. The minimum Gasteiger partial charge on any atom is -0.497 e. The quantitative estimate of drug-likeness (QED) is 0.885. The van der Waals surface area contributed by atoms with Crippen molar-refractivity contribution in [3.8, 4) is 5.75 Å². The van der Waals surface area contributed by atoms with Crippen LogP contribution in [-0.4, -0.2) is 19.6 Å². The third kappa shape index (κ3) is 4.39. The maximum Gasteiger partial charge on any atom is 0.243 e. The second-order valence-electron chi connectivity index (χ2n) is 4.59. The van der Waals surface area contributed by atoms with Crippen LogP contribution in [0.3, 0.4) is 0 Å². The van der Waals surface area contributed by atoms with Gasteiger partial charge in [0.1, 0.15) is 5.75 Å². The molecule has 0 aromatic heterocycles. The van der Waals surface area contributed by atoms with Crippen LogP contribution in [0, 0.1) is 6.92 Å². The molecule has 0 atom stereocenters. The molecule has 0 unspecified atom stereocenters. The molecule has 21 heavy (non-hydrogen) atoms. The van der Waals surface area contributed by atoms with Gasteiger partial charge in [-0.1, -0.05) is 17.7 Å². The Morgan fingerprint density at radius 2 is 1.90 bits per heavy atom. The van der Waals surface area contributed by atoms with Crippen LogP contribution in [0.25, 0.3) is 0 Å². The van der Waals surface area contributed by atoms with Crippen LogP contribution >= 0.6 is 11.6 Å². The number of aryl methyl sites for hydroxylation is 1. The summed E-state index contributed by atoms with van der Waals surface area (Å²) in [6.07, 6.45) is 0. The van der Waals surface area contributed by atoms with Gasteiger partial charge in [-0.3, -0.25) is 4.79 Å². The number of methoxy groups -OCH3 is 1. The van der Waals surface area contributed by atoms with E-state index in [1.807, 2.05) is 19.1 Å². The largest absolute Gasteiger partial charge is 0.497 e. The average molecular weight is 305 g/mol. The highest BCUT2D eigenvalue weighted by atomic mass is 35.5. The number of nitrogens with one attached hydrogen (secondary N) is 2. The number of hydrogen-bond donors (Lipinski definition) is 2. The maximum atomic E-state index is 11.9. The van der Waals surface area contributed by atoms with E-state index in [1.165, 1.54) is 0 Å². The average Bonchev–Trinajstić information content (AvgIpc) is 2.49. The fraction of sp³-hybridized carbons (Fsp3) is 0.188. The van der Waals surface area contributed by atoms with Crippen molar-refractivity contribution < 1.29 is 9.53 Å². The molecule has 0 spiro atoms. The molecule has 0 heterocycles. The van der Waals surface area contributed by atoms with Crippen LogP contribution in [-0.2, 0) is 4.79 Å². The molecule has 1 amide bonds. The van der Waals surface area contributed by atoms with Crippen LogP contribution in [0.5, 0.6) is 5.75 Å². The minimum atomic E-state index is -0.125. The van der Waals surface area contributed by atoms with E-state index in [-0.39, 0.29) is 12.5 Å². The van der Waals surface area contributed by atoms with Gasteiger partial charge < -0.3 is 15.4 Å². The van der Waals surface area contributed by atoms with Gasteiger partial charge in [0.15, 0.2) is 0 Å². The summed E-state index contributed by atoms with van der Waals surface area (Å²) < 4.78 is 5.07. The standard InChI is InChI=1S/C16H17ClN2O2/c1-11-3-4-12(17)9-15(11)18-10-16(20)19-13-5-7-14(21-2)8-6-13/h3-9,18H,10H2,1-2H3,(H,19,20). The number of halogens is 1. The Balaban J connectivity index is 1.91. The molecular weight excluding hydrogens is 288 g/mol. The van der Waals surface area contributed by atoms with Crippen molar-refractivity contribution in [2.24, 2.45) is 0 Å². The van der Waals surface area contributed by atoms with Gasteiger partial charge in [-0.05, 0) is 48.9 Å². The molecule has 110 valence electrons. The van der Waals surface area contributed by atoms with Crippen LogP contribution in [0.15, 0.2) is 42.5 Å². The Hall–Kier alpha value is -2.20. The molecular formula is C16H17ClN2O2. The predicted octanol–water partition coefficient (Wildman–Crippen LogP) is 3.71. The van der Waals surface area contributed by atoms with E-state index < -0.39 is 0 Å². The summed E-state index contributed by atoms with van der Waals surface area (Å²) >= 11 is 5.94. The Bertz CT molecular complexity index is 627. The maximum absolute atomic E-state index is 11.9. The lowest BCUT2D eigenvalue weighted by Gasteiger charge is -2.10. The summed E-state index contributed by atoms with van der Waals surface area (Å²) in [4.78, 5) is 11.9. The lowest BCUT2D eigenvalue weighted by atomic mass is 10.2. The Morgan fingerprint density at radius 3 is 2.57 bits per heavy atom. The summed E-state index contributed by atoms with van der Waals surface area (Å²) in [5.74, 6) is 0.625. The number of rotatable bonds is 5. The van der Waals surface area contributed by atoms with Crippen molar-refractivity contribution in [1.82, 2.24) is 0 Å². The number of anilines is 2. The first-order chi connectivity index (χ1) is 10.1. The van der Waals surface area contributed by atoms with Gasteiger partial charge in [0, 0.05) is 16.4 Å². The third-order valence-corrected chi connectivity index (χ3v) is 3.25. The van der Waals surface area contributed by atoms with Crippen molar-refractivity contribution in [1.29, 1.82) is 0 Å². The Morgan fingerprint density at radius 1 is 1.19 bits per heavy atom. The minimum absolute atomic E-state index is 0.125. The zero-order valence-electron chi connectivity index (χ0n) is 11.9. The van der Waals surface area contributed by atoms with E-state index >= 15 is 0 Å². The molecule has 0 saturated carbocycles. The highest BCUT2D eigenvalue weighted by Crippen LogP contribution is 2.20. The number of amides is 1. The highest BCUT2D eigenvalue weighted by molar-refractivity contribution is 6.30. The molecule has 2 rings (SSSR count). The highest BCUT2D eigenvalue weighted by Gasteiger charge is 2.04. The topological polar surface area (TPSA) is 50.4 Å². The normalized spacial score (nSPS) is 10.0. The van der Waals surface area contributed by atoms with Crippen LogP contribution < -0.4 is 15.4 Å². The molecule has 0 radical (unpaired) electrons. The lowest BCUT2D eigenvalue weighted by molar-refractivity contribution is -0.114. The molecule has 2 N–H and O–H groups in total. The Labute approximate surface area is 129 Å². The molecule has 5 heteroatoms. The fourth-order valence-electron chi connectivity index (χ4n) is 1.84.